The van der Waals surface area contributed by atoms with Crippen molar-refractivity contribution in [1.82, 2.24) is 9.88 Å². The van der Waals surface area contributed by atoms with Crippen molar-refractivity contribution in [3.63, 3.8) is 0 Å². The fourth-order valence-corrected chi connectivity index (χ4v) is 2.60. The van der Waals surface area contributed by atoms with Crippen LogP contribution in [0.15, 0.2) is 18.3 Å². The van der Waals surface area contributed by atoms with E-state index in [1.165, 1.54) is 0 Å². The zero-order chi connectivity index (χ0) is 14.4. The lowest BCUT2D eigenvalue weighted by atomic mass is 9.97. The second-order valence-corrected chi connectivity index (χ2v) is 5.44. The third-order valence-electron chi connectivity index (χ3n) is 3.69. The fourth-order valence-electron chi connectivity index (χ4n) is 2.60. The Hall–Kier alpha value is -1.62. The van der Waals surface area contributed by atoms with Gasteiger partial charge in [0.25, 0.3) is 0 Å². The van der Waals surface area contributed by atoms with Gasteiger partial charge in [-0.2, -0.15) is 0 Å². The number of nitrogens with one attached hydrogen (secondary N) is 1. The van der Waals surface area contributed by atoms with Gasteiger partial charge in [0.2, 0.25) is 5.91 Å². The van der Waals surface area contributed by atoms with E-state index < -0.39 is 0 Å². The third-order valence-corrected chi connectivity index (χ3v) is 3.69. The Balaban J connectivity index is 1.93. The summed E-state index contributed by atoms with van der Waals surface area (Å²) in [7, 11) is 0. The topological polar surface area (TPSA) is 71.2 Å². The number of carbonyl (C=O) groups is 1. The third kappa shape index (κ3) is 4.20. The van der Waals surface area contributed by atoms with Crippen LogP contribution in [0.25, 0.3) is 0 Å². The molecule has 0 aliphatic carbocycles. The molecule has 1 amide bonds. The average molecular weight is 276 g/mol. The van der Waals surface area contributed by atoms with Crippen LogP contribution in [0.5, 0.6) is 0 Å². The Kier molecular flexibility index (Phi) is 5.35. The summed E-state index contributed by atoms with van der Waals surface area (Å²) in [6.45, 7) is 5.66. The molecule has 1 atom stereocenters. The van der Waals surface area contributed by atoms with E-state index in [9.17, 15) is 4.79 Å². The van der Waals surface area contributed by atoms with Gasteiger partial charge in [-0.1, -0.05) is 6.92 Å². The molecular formula is C15H24N4O. The largest absolute Gasteiger partial charge is 0.385 e. The van der Waals surface area contributed by atoms with Crippen LogP contribution in [0.2, 0.25) is 0 Å². The lowest BCUT2D eigenvalue weighted by molar-refractivity contribution is -0.123. The molecule has 1 fully saturated rings. The highest BCUT2D eigenvalue weighted by Crippen LogP contribution is 2.18. The molecule has 5 heteroatoms. The maximum absolute atomic E-state index is 11.3. The van der Waals surface area contributed by atoms with E-state index in [0.717, 1.165) is 56.8 Å². The molecule has 1 aromatic heterocycles. The number of nitrogens with two attached hydrogens (primary N) is 1. The average Bonchev–Trinajstić information content (AvgIpc) is 2.46. The summed E-state index contributed by atoms with van der Waals surface area (Å²) in [5.41, 5.74) is 7.56. The number of nitrogens with zero attached hydrogens (tertiary/aromatic N) is 2. The number of hydrogen-bond donors (Lipinski definition) is 2. The number of aromatic nitrogens is 1. The molecule has 20 heavy (non-hydrogen) atoms. The summed E-state index contributed by atoms with van der Waals surface area (Å²) in [5, 5.41) is 3.37. The molecule has 3 N–H and O–H groups in total. The van der Waals surface area contributed by atoms with Crippen molar-refractivity contribution < 1.29 is 4.79 Å². The van der Waals surface area contributed by atoms with Gasteiger partial charge in [0, 0.05) is 31.5 Å². The van der Waals surface area contributed by atoms with Gasteiger partial charge in [0.05, 0.1) is 11.6 Å². The molecule has 110 valence electrons. The maximum Gasteiger partial charge on any atom is 0.221 e. The van der Waals surface area contributed by atoms with Crippen molar-refractivity contribution in [1.29, 1.82) is 0 Å². The minimum absolute atomic E-state index is 0.00912. The van der Waals surface area contributed by atoms with Crippen molar-refractivity contribution in [3.05, 3.63) is 24.0 Å². The minimum Gasteiger partial charge on any atom is -0.385 e. The number of hydrogen-bond acceptors (Lipinski definition) is 4. The molecule has 2 rings (SSSR count). The molecule has 5 nitrogen and oxygen atoms in total. The number of anilines is 1. The van der Waals surface area contributed by atoms with Gasteiger partial charge in [-0.25, -0.2) is 0 Å². The van der Waals surface area contributed by atoms with Gasteiger partial charge in [0.1, 0.15) is 0 Å². The standard InChI is InChI=1S/C15H24N4O/c1-2-6-17-13-5-7-18-14(9-13)11-19-8-3-4-12(10-19)15(16)20/h5,7,9,12H,2-4,6,8,10-11H2,1H3,(H2,16,20)(H,17,18). The molecular weight excluding hydrogens is 252 g/mol. The van der Waals surface area contributed by atoms with Crippen LogP contribution in [0.4, 0.5) is 5.69 Å². The number of rotatable bonds is 6. The summed E-state index contributed by atoms with van der Waals surface area (Å²) >= 11 is 0. The van der Waals surface area contributed by atoms with Crippen LogP contribution in [0, 0.1) is 5.92 Å². The van der Waals surface area contributed by atoms with E-state index in [2.05, 4.69) is 28.2 Å². The van der Waals surface area contributed by atoms with Gasteiger partial charge in [-0.05, 0) is 37.9 Å². The monoisotopic (exact) mass is 276 g/mol. The normalized spacial score (nSPS) is 19.8. The molecule has 1 unspecified atom stereocenters. The number of carbonyl (C=O) groups excluding carboxylic acids is 1. The molecule has 2 heterocycles. The van der Waals surface area contributed by atoms with Crippen molar-refractivity contribution in [2.75, 3.05) is 25.0 Å². The SMILES string of the molecule is CCCNc1ccnc(CN2CCCC(C(N)=O)C2)c1. The molecule has 0 radical (unpaired) electrons. The molecule has 1 aromatic rings. The van der Waals surface area contributed by atoms with E-state index in [-0.39, 0.29) is 11.8 Å². The molecule has 0 bridgehead atoms. The smallest absolute Gasteiger partial charge is 0.221 e. The summed E-state index contributed by atoms with van der Waals surface area (Å²) in [4.78, 5) is 18.0. The minimum atomic E-state index is -0.180. The summed E-state index contributed by atoms with van der Waals surface area (Å²) in [6, 6.07) is 4.07. The van der Waals surface area contributed by atoms with Crippen LogP contribution in [-0.4, -0.2) is 35.4 Å². The number of amides is 1. The number of primary amides is 1. The van der Waals surface area contributed by atoms with Gasteiger partial charge >= 0.3 is 0 Å². The first-order valence-electron chi connectivity index (χ1n) is 7.39. The number of likely N-dealkylation sites (tertiary alicyclic amines) is 1. The van der Waals surface area contributed by atoms with E-state index in [4.69, 9.17) is 5.73 Å². The van der Waals surface area contributed by atoms with Crippen LogP contribution >= 0.6 is 0 Å². The molecule has 1 aliphatic heterocycles. The Bertz CT molecular complexity index is 449. The molecule has 1 aliphatic rings. The van der Waals surface area contributed by atoms with Gasteiger partial charge < -0.3 is 11.1 Å². The van der Waals surface area contributed by atoms with E-state index in [1.54, 1.807) is 0 Å². The highest BCUT2D eigenvalue weighted by atomic mass is 16.1. The second kappa shape index (κ2) is 7.24. The highest BCUT2D eigenvalue weighted by Gasteiger charge is 2.24. The van der Waals surface area contributed by atoms with Gasteiger partial charge in [-0.15, -0.1) is 0 Å². The predicted molar refractivity (Wildman–Crippen MR) is 80.2 cm³/mol. The predicted octanol–water partition coefficient (Wildman–Crippen LogP) is 1.60. The first-order valence-corrected chi connectivity index (χ1v) is 7.39. The zero-order valence-corrected chi connectivity index (χ0v) is 12.1. The fraction of sp³-hybridized carbons (Fsp3) is 0.600. The van der Waals surface area contributed by atoms with E-state index in [0.29, 0.717) is 0 Å². The van der Waals surface area contributed by atoms with Crippen LogP contribution in [-0.2, 0) is 11.3 Å². The van der Waals surface area contributed by atoms with Crippen molar-refractivity contribution in [2.45, 2.75) is 32.7 Å². The van der Waals surface area contributed by atoms with Crippen LogP contribution in [0.1, 0.15) is 31.9 Å². The van der Waals surface area contributed by atoms with E-state index >= 15 is 0 Å². The zero-order valence-electron chi connectivity index (χ0n) is 12.1. The lowest BCUT2D eigenvalue weighted by Crippen LogP contribution is -2.40. The summed E-state index contributed by atoms with van der Waals surface area (Å²) in [5.74, 6) is -0.189. The van der Waals surface area contributed by atoms with Crippen LogP contribution in [0.3, 0.4) is 0 Å². The number of pyridine rings is 1. The van der Waals surface area contributed by atoms with Gasteiger partial charge in [-0.3, -0.25) is 14.7 Å². The molecule has 1 saturated heterocycles. The summed E-state index contributed by atoms with van der Waals surface area (Å²) in [6.07, 6.45) is 4.88. The number of piperidine rings is 1. The maximum atomic E-state index is 11.3. The van der Waals surface area contributed by atoms with Crippen LogP contribution < -0.4 is 11.1 Å². The Morgan fingerprint density at radius 3 is 3.20 bits per heavy atom. The molecule has 0 saturated carbocycles. The van der Waals surface area contributed by atoms with Crippen molar-refractivity contribution in [2.24, 2.45) is 11.7 Å². The molecule has 0 aromatic carbocycles. The molecule has 0 spiro atoms. The quantitative estimate of drug-likeness (QED) is 0.828. The Labute approximate surface area is 120 Å². The lowest BCUT2D eigenvalue weighted by Gasteiger charge is -2.30. The van der Waals surface area contributed by atoms with Crippen molar-refractivity contribution >= 4 is 11.6 Å². The summed E-state index contributed by atoms with van der Waals surface area (Å²) < 4.78 is 0. The van der Waals surface area contributed by atoms with Gasteiger partial charge in [0.15, 0.2) is 0 Å². The first kappa shape index (κ1) is 14.8. The van der Waals surface area contributed by atoms with Crippen molar-refractivity contribution in [3.8, 4) is 0 Å². The Morgan fingerprint density at radius 2 is 2.45 bits per heavy atom. The first-order chi connectivity index (χ1) is 9.69. The highest BCUT2D eigenvalue weighted by molar-refractivity contribution is 5.76. The van der Waals surface area contributed by atoms with E-state index in [1.807, 2.05) is 12.3 Å². The Morgan fingerprint density at radius 1 is 1.60 bits per heavy atom. The second-order valence-electron chi connectivity index (χ2n) is 5.44.